The standard InChI is InChI=1S/C14H16N2O4S/c1-7-11(13(18)20-3)12(16-14(21)15-7)8-4-5-10(19-2)9(17)6-8/h4-6,12,17H,1-3H3,(H2,15,16,21). The quantitative estimate of drug-likeness (QED) is 0.575. The van der Waals surface area contributed by atoms with E-state index < -0.39 is 12.0 Å². The summed E-state index contributed by atoms with van der Waals surface area (Å²) in [4.78, 5) is 12.0. The van der Waals surface area contributed by atoms with Crippen molar-refractivity contribution in [2.45, 2.75) is 13.0 Å². The highest BCUT2D eigenvalue weighted by molar-refractivity contribution is 7.80. The Hall–Kier alpha value is -2.28. The molecule has 7 heteroatoms. The van der Waals surface area contributed by atoms with Crippen LogP contribution in [0.1, 0.15) is 18.5 Å². The summed E-state index contributed by atoms with van der Waals surface area (Å²) < 4.78 is 9.83. The van der Waals surface area contributed by atoms with Crippen LogP contribution >= 0.6 is 12.2 Å². The highest BCUT2D eigenvalue weighted by atomic mass is 32.1. The number of benzene rings is 1. The summed E-state index contributed by atoms with van der Waals surface area (Å²) in [6.45, 7) is 1.75. The Bertz CT molecular complexity index is 627. The van der Waals surface area contributed by atoms with Crippen LogP contribution in [0.15, 0.2) is 29.5 Å². The van der Waals surface area contributed by atoms with Gasteiger partial charge in [-0.1, -0.05) is 6.07 Å². The number of aromatic hydroxyl groups is 1. The van der Waals surface area contributed by atoms with Gasteiger partial charge in [0.15, 0.2) is 16.6 Å². The number of hydrogen-bond donors (Lipinski definition) is 3. The topological polar surface area (TPSA) is 79.8 Å². The first-order valence-electron chi connectivity index (χ1n) is 6.21. The molecule has 3 N–H and O–H groups in total. The van der Waals surface area contributed by atoms with E-state index in [2.05, 4.69) is 10.6 Å². The van der Waals surface area contributed by atoms with E-state index in [9.17, 15) is 9.90 Å². The first-order valence-corrected chi connectivity index (χ1v) is 6.62. The fourth-order valence-corrected chi connectivity index (χ4v) is 2.48. The van der Waals surface area contributed by atoms with E-state index in [1.807, 2.05) is 0 Å². The van der Waals surface area contributed by atoms with Crippen LogP contribution < -0.4 is 15.4 Å². The maximum Gasteiger partial charge on any atom is 0.337 e. The molecule has 112 valence electrons. The van der Waals surface area contributed by atoms with Gasteiger partial charge in [-0.3, -0.25) is 0 Å². The Kier molecular flexibility index (Phi) is 4.32. The maximum absolute atomic E-state index is 12.0. The minimum absolute atomic E-state index is 0.0110. The van der Waals surface area contributed by atoms with Crippen molar-refractivity contribution in [3.05, 3.63) is 35.0 Å². The number of ether oxygens (including phenoxy) is 2. The molecule has 1 aromatic carbocycles. The van der Waals surface area contributed by atoms with E-state index >= 15 is 0 Å². The number of phenols is 1. The van der Waals surface area contributed by atoms with Crippen LogP contribution in [0.4, 0.5) is 0 Å². The molecule has 1 unspecified atom stereocenters. The van der Waals surface area contributed by atoms with Crippen molar-refractivity contribution in [3.63, 3.8) is 0 Å². The molecule has 0 aromatic heterocycles. The van der Waals surface area contributed by atoms with Gasteiger partial charge in [-0.05, 0) is 36.8 Å². The molecule has 1 heterocycles. The SMILES string of the molecule is COC(=O)C1=C(C)NC(=S)NC1c1ccc(OC)c(O)c1. The van der Waals surface area contributed by atoms with Gasteiger partial charge in [-0.15, -0.1) is 0 Å². The number of phenolic OH excluding ortho intramolecular Hbond substituents is 1. The third-order valence-electron chi connectivity index (χ3n) is 3.21. The van der Waals surface area contributed by atoms with Crippen molar-refractivity contribution in [3.8, 4) is 11.5 Å². The van der Waals surface area contributed by atoms with Gasteiger partial charge in [0.2, 0.25) is 0 Å². The van der Waals surface area contributed by atoms with Crippen LogP contribution in [0.3, 0.4) is 0 Å². The number of hydrogen-bond acceptors (Lipinski definition) is 5. The van der Waals surface area contributed by atoms with Crippen LogP contribution in [0.25, 0.3) is 0 Å². The number of rotatable bonds is 3. The van der Waals surface area contributed by atoms with Crippen molar-refractivity contribution in [2.24, 2.45) is 0 Å². The van der Waals surface area contributed by atoms with Gasteiger partial charge in [0.25, 0.3) is 0 Å². The molecule has 21 heavy (non-hydrogen) atoms. The lowest BCUT2D eigenvalue weighted by Crippen LogP contribution is -2.45. The van der Waals surface area contributed by atoms with Crippen LogP contribution in [0.2, 0.25) is 0 Å². The van der Waals surface area contributed by atoms with Crippen molar-refractivity contribution in [1.29, 1.82) is 0 Å². The largest absolute Gasteiger partial charge is 0.504 e. The second-order valence-corrected chi connectivity index (χ2v) is 4.90. The summed E-state index contributed by atoms with van der Waals surface area (Å²) in [5.41, 5.74) is 1.71. The van der Waals surface area contributed by atoms with E-state index in [-0.39, 0.29) is 5.75 Å². The minimum atomic E-state index is -0.497. The van der Waals surface area contributed by atoms with Gasteiger partial charge < -0.3 is 25.2 Å². The van der Waals surface area contributed by atoms with Gasteiger partial charge in [-0.2, -0.15) is 0 Å². The number of esters is 1. The van der Waals surface area contributed by atoms with E-state index in [0.717, 1.165) is 0 Å². The lowest BCUT2D eigenvalue weighted by molar-refractivity contribution is -0.136. The molecular formula is C14H16N2O4S. The van der Waals surface area contributed by atoms with Crippen molar-refractivity contribution in [1.82, 2.24) is 10.6 Å². The average Bonchev–Trinajstić information content (AvgIpc) is 2.45. The molecule has 6 nitrogen and oxygen atoms in total. The van der Waals surface area contributed by atoms with E-state index in [4.69, 9.17) is 21.7 Å². The van der Waals surface area contributed by atoms with Gasteiger partial charge in [0.1, 0.15) is 0 Å². The zero-order valence-electron chi connectivity index (χ0n) is 11.9. The lowest BCUT2D eigenvalue weighted by atomic mass is 9.95. The molecular weight excluding hydrogens is 292 g/mol. The van der Waals surface area contributed by atoms with E-state index in [0.29, 0.717) is 27.7 Å². The number of methoxy groups -OCH3 is 2. The van der Waals surface area contributed by atoms with Crippen molar-refractivity contribution >= 4 is 23.3 Å². The molecule has 1 atom stereocenters. The number of thiocarbonyl (C=S) groups is 1. The average molecular weight is 308 g/mol. The Morgan fingerprint density at radius 1 is 1.38 bits per heavy atom. The zero-order chi connectivity index (χ0) is 15.6. The monoisotopic (exact) mass is 308 g/mol. The maximum atomic E-state index is 12.0. The molecule has 1 aromatic rings. The normalized spacial score (nSPS) is 17.9. The smallest absolute Gasteiger partial charge is 0.337 e. The molecule has 0 radical (unpaired) electrons. The zero-order valence-corrected chi connectivity index (χ0v) is 12.7. The summed E-state index contributed by atoms with van der Waals surface area (Å²) in [6.07, 6.45) is 0. The summed E-state index contributed by atoms with van der Waals surface area (Å²) in [5, 5.41) is 16.2. The second-order valence-electron chi connectivity index (χ2n) is 4.49. The summed E-state index contributed by atoms with van der Waals surface area (Å²) in [7, 11) is 2.79. The molecule has 1 aliphatic heterocycles. The van der Waals surface area contributed by atoms with Crippen LogP contribution in [0.5, 0.6) is 11.5 Å². The molecule has 0 saturated carbocycles. The number of carbonyl (C=O) groups is 1. The predicted molar refractivity (Wildman–Crippen MR) is 81.0 cm³/mol. The summed E-state index contributed by atoms with van der Waals surface area (Å²) in [6, 6.07) is 4.41. The van der Waals surface area contributed by atoms with Gasteiger partial charge >= 0.3 is 5.97 Å². The third kappa shape index (κ3) is 2.92. The summed E-state index contributed by atoms with van der Waals surface area (Å²) in [5.74, 6) is -0.117. The molecule has 0 spiro atoms. The van der Waals surface area contributed by atoms with Gasteiger partial charge in [-0.25, -0.2) is 4.79 Å². The Balaban J connectivity index is 2.48. The van der Waals surface area contributed by atoms with Crippen molar-refractivity contribution < 1.29 is 19.4 Å². The Morgan fingerprint density at radius 2 is 2.10 bits per heavy atom. The van der Waals surface area contributed by atoms with Crippen LogP contribution in [0, 0.1) is 0 Å². The van der Waals surface area contributed by atoms with Crippen molar-refractivity contribution in [2.75, 3.05) is 14.2 Å². The predicted octanol–water partition coefficient (Wildman–Crippen LogP) is 1.37. The fraction of sp³-hybridized carbons (Fsp3) is 0.286. The fourth-order valence-electron chi connectivity index (χ4n) is 2.21. The van der Waals surface area contributed by atoms with Gasteiger partial charge in [0, 0.05) is 5.70 Å². The molecule has 0 saturated heterocycles. The lowest BCUT2D eigenvalue weighted by Gasteiger charge is -2.29. The second kappa shape index (κ2) is 6.01. The van der Waals surface area contributed by atoms with E-state index in [1.54, 1.807) is 19.1 Å². The summed E-state index contributed by atoms with van der Waals surface area (Å²) >= 11 is 5.12. The van der Waals surface area contributed by atoms with E-state index in [1.165, 1.54) is 20.3 Å². The first-order chi connectivity index (χ1) is 9.97. The van der Waals surface area contributed by atoms with Crippen LogP contribution in [-0.2, 0) is 9.53 Å². The molecule has 0 aliphatic carbocycles. The number of nitrogens with one attached hydrogen (secondary N) is 2. The highest BCUT2D eigenvalue weighted by Gasteiger charge is 2.30. The molecule has 2 rings (SSSR count). The van der Waals surface area contributed by atoms with Gasteiger partial charge in [0.05, 0.1) is 25.8 Å². The Morgan fingerprint density at radius 3 is 2.67 bits per heavy atom. The Labute approximate surface area is 127 Å². The number of carbonyl (C=O) groups excluding carboxylic acids is 1. The van der Waals surface area contributed by atoms with Crippen LogP contribution in [-0.4, -0.2) is 30.4 Å². The highest BCUT2D eigenvalue weighted by Crippen LogP contribution is 2.33. The molecule has 1 aliphatic rings. The molecule has 0 amide bonds. The third-order valence-corrected chi connectivity index (χ3v) is 3.43. The molecule has 0 fully saturated rings. The minimum Gasteiger partial charge on any atom is -0.504 e. The number of allylic oxidation sites excluding steroid dienone is 1. The molecule has 0 bridgehead atoms. The first kappa shape index (κ1) is 15.1.